The van der Waals surface area contributed by atoms with Crippen molar-refractivity contribution >= 4 is 18.6 Å². The van der Waals surface area contributed by atoms with Crippen LogP contribution in [0.15, 0.2) is 0 Å². The highest BCUT2D eigenvalue weighted by Crippen LogP contribution is 2.31. The van der Waals surface area contributed by atoms with Crippen LogP contribution in [0.25, 0.3) is 0 Å². The van der Waals surface area contributed by atoms with Crippen molar-refractivity contribution in [2.24, 2.45) is 0 Å². The SMILES string of the molecule is CCCC[Si](Cl)(NCC)C(C)CC. The number of rotatable bonds is 7. The van der Waals surface area contributed by atoms with E-state index in [1.807, 2.05) is 0 Å². The van der Waals surface area contributed by atoms with Crippen molar-refractivity contribution < 1.29 is 0 Å². The minimum Gasteiger partial charge on any atom is -0.325 e. The van der Waals surface area contributed by atoms with Crippen LogP contribution in [0.5, 0.6) is 0 Å². The average molecular weight is 222 g/mol. The summed E-state index contributed by atoms with van der Waals surface area (Å²) in [4.78, 5) is 3.55. The van der Waals surface area contributed by atoms with Gasteiger partial charge in [-0.25, -0.2) is 0 Å². The molecule has 3 heteroatoms. The Morgan fingerprint density at radius 2 is 1.92 bits per heavy atom. The molecule has 0 heterocycles. The van der Waals surface area contributed by atoms with E-state index in [1.165, 1.54) is 25.3 Å². The van der Waals surface area contributed by atoms with Crippen molar-refractivity contribution in [2.45, 2.75) is 58.5 Å². The van der Waals surface area contributed by atoms with E-state index in [0.717, 1.165) is 6.54 Å². The molecule has 0 aromatic rings. The van der Waals surface area contributed by atoms with Gasteiger partial charge in [-0.15, -0.1) is 11.1 Å². The monoisotopic (exact) mass is 221 g/mol. The van der Waals surface area contributed by atoms with Gasteiger partial charge in [0.25, 0.3) is 0 Å². The largest absolute Gasteiger partial charge is 0.325 e. The Hall–Kier alpha value is 0.467. The van der Waals surface area contributed by atoms with Crippen LogP contribution in [0.3, 0.4) is 0 Å². The molecule has 80 valence electrons. The third-order valence-electron chi connectivity index (χ3n) is 2.76. The highest BCUT2D eigenvalue weighted by molar-refractivity contribution is 7.19. The van der Waals surface area contributed by atoms with Crippen molar-refractivity contribution in [3.63, 3.8) is 0 Å². The summed E-state index contributed by atoms with van der Waals surface area (Å²) in [5.74, 6) is 0. The summed E-state index contributed by atoms with van der Waals surface area (Å²) in [6.45, 7) is 9.92. The van der Waals surface area contributed by atoms with Crippen LogP contribution in [0.4, 0.5) is 0 Å². The molecule has 2 atom stereocenters. The maximum absolute atomic E-state index is 6.70. The van der Waals surface area contributed by atoms with Crippen LogP contribution in [0.1, 0.15) is 47.0 Å². The standard InChI is InChI=1S/C10H24ClNSi/c1-5-8-9-13(11,12-7-3)10(4)6-2/h10,12H,5-9H2,1-4H3. The highest BCUT2D eigenvalue weighted by atomic mass is 35.6. The Morgan fingerprint density at radius 3 is 2.31 bits per heavy atom. The molecule has 0 rings (SSSR count). The maximum atomic E-state index is 6.70. The minimum atomic E-state index is -1.65. The van der Waals surface area contributed by atoms with Crippen LogP contribution in [-0.2, 0) is 0 Å². The summed E-state index contributed by atoms with van der Waals surface area (Å²) in [5.41, 5.74) is 0.681. The Bertz CT molecular complexity index is 132. The van der Waals surface area contributed by atoms with E-state index in [0.29, 0.717) is 5.54 Å². The van der Waals surface area contributed by atoms with Crippen LogP contribution < -0.4 is 4.98 Å². The zero-order chi connectivity index (χ0) is 10.3. The van der Waals surface area contributed by atoms with Gasteiger partial charge < -0.3 is 4.98 Å². The Morgan fingerprint density at radius 1 is 1.31 bits per heavy atom. The molecule has 0 aromatic carbocycles. The second kappa shape index (κ2) is 6.85. The van der Waals surface area contributed by atoms with Gasteiger partial charge in [0.2, 0.25) is 7.55 Å². The number of halogens is 1. The van der Waals surface area contributed by atoms with E-state index in [1.54, 1.807) is 0 Å². The third kappa shape index (κ3) is 4.48. The molecule has 0 radical (unpaired) electrons. The molecule has 0 aliphatic carbocycles. The van der Waals surface area contributed by atoms with E-state index in [-0.39, 0.29) is 0 Å². The molecule has 0 aliphatic rings. The fraction of sp³-hybridized carbons (Fsp3) is 1.00. The molecule has 0 fully saturated rings. The summed E-state index contributed by atoms with van der Waals surface area (Å²) in [5, 5.41) is 0. The van der Waals surface area contributed by atoms with Gasteiger partial charge in [-0.05, 0) is 18.1 Å². The zero-order valence-electron chi connectivity index (χ0n) is 9.49. The minimum absolute atomic E-state index is 0.681. The molecular formula is C10H24ClNSi. The summed E-state index contributed by atoms with van der Waals surface area (Å²) >= 11 is 6.70. The molecule has 1 nitrogen and oxygen atoms in total. The van der Waals surface area contributed by atoms with E-state index in [9.17, 15) is 0 Å². The predicted octanol–water partition coefficient (Wildman–Crippen LogP) is 3.88. The van der Waals surface area contributed by atoms with E-state index >= 15 is 0 Å². The van der Waals surface area contributed by atoms with Crippen molar-refractivity contribution in [3.05, 3.63) is 0 Å². The van der Waals surface area contributed by atoms with Gasteiger partial charge >= 0.3 is 0 Å². The lowest BCUT2D eigenvalue weighted by Gasteiger charge is -2.30. The molecule has 0 spiro atoms. The van der Waals surface area contributed by atoms with Gasteiger partial charge in [0.15, 0.2) is 0 Å². The van der Waals surface area contributed by atoms with Gasteiger partial charge in [-0.2, -0.15) is 0 Å². The van der Waals surface area contributed by atoms with Crippen molar-refractivity contribution in [1.82, 2.24) is 4.98 Å². The molecule has 2 unspecified atom stereocenters. The van der Waals surface area contributed by atoms with Gasteiger partial charge in [0, 0.05) is 0 Å². The summed E-state index contributed by atoms with van der Waals surface area (Å²) in [7, 11) is -1.65. The molecular weight excluding hydrogens is 198 g/mol. The van der Waals surface area contributed by atoms with Gasteiger partial charge in [0.1, 0.15) is 0 Å². The number of unbranched alkanes of at least 4 members (excludes halogenated alkanes) is 1. The third-order valence-corrected chi connectivity index (χ3v) is 8.84. The Kier molecular flexibility index (Phi) is 7.10. The zero-order valence-corrected chi connectivity index (χ0v) is 11.2. The first-order valence-electron chi connectivity index (χ1n) is 5.54. The topological polar surface area (TPSA) is 12.0 Å². The second-order valence-corrected chi connectivity index (χ2v) is 9.39. The van der Waals surface area contributed by atoms with Crippen molar-refractivity contribution in [1.29, 1.82) is 0 Å². The Balaban J connectivity index is 4.14. The molecule has 0 bridgehead atoms. The highest BCUT2D eigenvalue weighted by Gasteiger charge is 2.34. The van der Waals surface area contributed by atoms with Crippen LogP contribution in [0.2, 0.25) is 11.6 Å². The van der Waals surface area contributed by atoms with Crippen molar-refractivity contribution in [2.75, 3.05) is 6.54 Å². The summed E-state index contributed by atoms with van der Waals surface area (Å²) in [6.07, 6.45) is 3.72. The quantitative estimate of drug-likeness (QED) is 0.508. The smallest absolute Gasteiger partial charge is 0.229 e. The lowest BCUT2D eigenvalue weighted by atomic mass is 10.4. The maximum Gasteiger partial charge on any atom is 0.229 e. The lowest BCUT2D eigenvalue weighted by Crippen LogP contribution is -2.48. The van der Waals surface area contributed by atoms with Gasteiger partial charge in [-0.1, -0.05) is 47.0 Å². The molecule has 0 saturated heterocycles. The number of hydrogen-bond acceptors (Lipinski definition) is 1. The van der Waals surface area contributed by atoms with Gasteiger partial charge in [-0.3, -0.25) is 0 Å². The Labute approximate surface area is 89.0 Å². The first-order valence-corrected chi connectivity index (χ1v) is 8.84. The summed E-state index contributed by atoms with van der Waals surface area (Å²) in [6, 6.07) is 1.22. The molecule has 0 aromatic heterocycles. The number of nitrogens with one attached hydrogen (secondary N) is 1. The molecule has 1 N–H and O–H groups in total. The first-order chi connectivity index (χ1) is 6.10. The molecule has 0 amide bonds. The van der Waals surface area contributed by atoms with Crippen LogP contribution >= 0.6 is 11.1 Å². The van der Waals surface area contributed by atoms with Gasteiger partial charge in [0.05, 0.1) is 0 Å². The van der Waals surface area contributed by atoms with E-state index in [4.69, 9.17) is 11.1 Å². The van der Waals surface area contributed by atoms with E-state index < -0.39 is 7.55 Å². The average Bonchev–Trinajstić information content (AvgIpc) is 2.14. The molecule has 0 saturated carbocycles. The first kappa shape index (κ1) is 13.5. The molecule has 13 heavy (non-hydrogen) atoms. The van der Waals surface area contributed by atoms with Crippen molar-refractivity contribution in [3.8, 4) is 0 Å². The fourth-order valence-corrected chi connectivity index (χ4v) is 5.95. The second-order valence-electron chi connectivity index (χ2n) is 3.81. The van der Waals surface area contributed by atoms with E-state index in [2.05, 4.69) is 32.7 Å². The summed E-state index contributed by atoms with van der Waals surface area (Å²) < 4.78 is 0. The van der Waals surface area contributed by atoms with Crippen LogP contribution in [0, 0.1) is 0 Å². The van der Waals surface area contributed by atoms with Crippen LogP contribution in [-0.4, -0.2) is 14.1 Å². The normalized spacial score (nSPS) is 18.2. The number of hydrogen-bond donors (Lipinski definition) is 1. The molecule has 0 aliphatic heterocycles. The lowest BCUT2D eigenvalue weighted by molar-refractivity contribution is 0.769. The fourth-order valence-electron chi connectivity index (χ4n) is 1.56. The predicted molar refractivity (Wildman–Crippen MR) is 64.7 cm³/mol.